The molecule has 0 saturated carbocycles. The molecule has 0 amide bonds. The Balaban J connectivity index is 1.67. The fourth-order valence-electron chi connectivity index (χ4n) is 2.70. The molecule has 1 atom stereocenters. The van der Waals surface area contributed by atoms with Crippen LogP contribution in [0.15, 0.2) is 5.16 Å². The maximum Gasteiger partial charge on any atom is 0.145 e. The van der Waals surface area contributed by atoms with Crippen LogP contribution in [0.2, 0.25) is 0 Å². The molecule has 1 aliphatic heterocycles. The lowest BCUT2D eigenvalue weighted by Crippen LogP contribution is -2.30. The van der Waals surface area contributed by atoms with E-state index < -0.39 is 0 Å². The molecule has 1 aliphatic rings. The Bertz CT molecular complexity index is 447. The zero-order chi connectivity index (χ0) is 14.5. The summed E-state index contributed by atoms with van der Waals surface area (Å²) in [5.41, 5.74) is 4.88. The van der Waals surface area contributed by atoms with Gasteiger partial charge in [-0.1, -0.05) is 12.1 Å². The summed E-state index contributed by atoms with van der Waals surface area (Å²) in [6, 6.07) is 0. The Hall–Kier alpha value is -1.36. The van der Waals surface area contributed by atoms with Crippen molar-refractivity contribution in [3.05, 3.63) is 17.0 Å². The van der Waals surface area contributed by atoms with E-state index in [0.717, 1.165) is 44.5 Å². The van der Waals surface area contributed by atoms with Gasteiger partial charge in [0.15, 0.2) is 0 Å². The SMILES string of the molecule is CCC1=NO[C@H](CN(C)CCCc2c(C)n[nH]c2C)C1. The molecule has 0 aromatic carbocycles. The third kappa shape index (κ3) is 3.82. The molecule has 1 aromatic heterocycles. The van der Waals surface area contributed by atoms with Gasteiger partial charge in [-0.25, -0.2) is 0 Å². The van der Waals surface area contributed by atoms with E-state index in [2.05, 4.69) is 48.1 Å². The Kier molecular flexibility index (Phi) is 5.17. The molecule has 1 aromatic rings. The number of H-pyrrole nitrogens is 1. The summed E-state index contributed by atoms with van der Waals surface area (Å²) >= 11 is 0. The summed E-state index contributed by atoms with van der Waals surface area (Å²) in [4.78, 5) is 7.79. The molecule has 0 radical (unpaired) electrons. The summed E-state index contributed by atoms with van der Waals surface area (Å²) in [6.45, 7) is 8.32. The highest BCUT2D eigenvalue weighted by molar-refractivity contribution is 5.85. The molecule has 20 heavy (non-hydrogen) atoms. The van der Waals surface area contributed by atoms with Crippen LogP contribution in [0.1, 0.15) is 43.1 Å². The molecule has 5 heteroatoms. The quantitative estimate of drug-likeness (QED) is 0.833. The van der Waals surface area contributed by atoms with Gasteiger partial charge in [-0.3, -0.25) is 5.10 Å². The van der Waals surface area contributed by atoms with Crippen LogP contribution in [0.5, 0.6) is 0 Å². The van der Waals surface area contributed by atoms with Crippen molar-refractivity contribution >= 4 is 5.71 Å². The highest BCUT2D eigenvalue weighted by Gasteiger charge is 2.21. The van der Waals surface area contributed by atoms with Crippen molar-refractivity contribution in [3.63, 3.8) is 0 Å². The number of aromatic amines is 1. The minimum Gasteiger partial charge on any atom is -0.391 e. The summed E-state index contributed by atoms with van der Waals surface area (Å²) in [7, 11) is 2.16. The second-order valence-corrected chi connectivity index (χ2v) is 5.72. The van der Waals surface area contributed by atoms with Gasteiger partial charge in [0.25, 0.3) is 0 Å². The summed E-state index contributed by atoms with van der Waals surface area (Å²) < 4.78 is 0. The minimum absolute atomic E-state index is 0.243. The van der Waals surface area contributed by atoms with Gasteiger partial charge in [0.2, 0.25) is 0 Å². The van der Waals surface area contributed by atoms with E-state index in [1.807, 2.05) is 0 Å². The zero-order valence-electron chi connectivity index (χ0n) is 13.1. The van der Waals surface area contributed by atoms with E-state index in [1.54, 1.807) is 0 Å². The number of rotatable bonds is 7. The van der Waals surface area contributed by atoms with E-state index in [0.29, 0.717) is 0 Å². The molecule has 2 heterocycles. The van der Waals surface area contributed by atoms with Crippen LogP contribution in [0.4, 0.5) is 0 Å². The van der Waals surface area contributed by atoms with Crippen molar-refractivity contribution in [1.29, 1.82) is 0 Å². The standard InChI is InChI=1S/C15H26N4O/c1-5-13-9-14(20-18-13)10-19(4)8-6-7-15-11(2)16-17-12(15)3/h14H,5-10H2,1-4H3,(H,16,17)/t14-/m0/s1. The highest BCUT2D eigenvalue weighted by atomic mass is 16.6. The summed E-state index contributed by atoms with van der Waals surface area (Å²) in [5.74, 6) is 0. The number of likely N-dealkylation sites (N-methyl/N-ethyl adjacent to an activating group) is 1. The van der Waals surface area contributed by atoms with Crippen LogP contribution in [0.25, 0.3) is 0 Å². The second kappa shape index (κ2) is 6.88. The lowest BCUT2D eigenvalue weighted by atomic mass is 10.1. The van der Waals surface area contributed by atoms with E-state index in [-0.39, 0.29) is 6.10 Å². The number of hydrogen-bond acceptors (Lipinski definition) is 4. The van der Waals surface area contributed by atoms with Gasteiger partial charge in [-0.2, -0.15) is 5.10 Å². The fourth-order valence-corrected chi connectivity index (χ4v) is 2.70. The van der Waals surface area contributed by atoms with Crippen LogP contribution in [-0.4, -0.2) is 47.1 Å². The third-order valence-corrected chi connectivity index (χ3v) is 3.96. The van der Waals surface area contributed by atoms with E-state index in [1.165, 1.54) is 17.0 Å². The van der Waals surface area contributed by atoms with Gasteiger partial charge >= 0.3 is 0 Å². The average molecular weight is 278 g/mol. The first-order valence-corrected chi connectivity index (χ1v) is 7.50. The lowest BCUT2D eigenvalue weighted by Gasteiger charge is -2.19. The van der Waals surface area contributed by atoms with Crippen molar-refractivity contribution < 1.29 is 4.84 Å². The maximum atomic E-state index is 5.45. The van der Waals surface area contributed by atoms with Crippen LogP contribution < -0.4 is 0 Å². The van der Waals surface area contributed by atoms with E-state index >= 15 is 0 Å². The number of hydrogen-bond donors (Lipinski definition) is 1. The topological polar surface area (TPSA) is 53.5 Å². The zero-order valence-corrected chi connectivity index (χ0v) is 13.1. The molecule has 0 spiro atoms. The van der Waals surface area contributed by atoms with E-state index in [4.69, 9.17) is 4.84 Å². The molecule has 0 aliphatic carbocycles. The predicted molar refractivity (Wildman–Crippen MR) is 81.1 cm³/mol. The average Bonchev–Trinajstić information content (AvgIpc) is 2.99. The Morgan fingerprint density at radius 2 is 2.20 bits per heavy atom. The Morgan fingerprint density at radius 1 is 1.40 bits per heavy atom. The largest absolute Gasteiger partial charge is 0.391 e. The van der Waals surface area contributed by atoms with Crippen molar-refractivity contribution in [1.82, 2.24) is 15.1 Å². The summed E-state index contributed by atoms with van der Waals surface area (Å²) in [6.07, 6.45) is 4.46. The van der Waals surface area contributed by atoms with Crippen LogP contribution >= 0.6 is 0 Å². The Labute approximate surface area is 121 Å². The number of nitrogens with one attached hydrogen (secondary N) is 1. The predicted octanol–water partition coefficient (Wildman–Crippen LogP) is 2.45. The fraction of sp³-hybridized carbons (Fsp3) is 0.733. The first-order valence-electron chi connectivity index (χ1n) is 7.50. The normalized spacial score (nSPS) is 18.4. The first-order chi connectivity index (χ1) is 9.60. The molecule has 112 valence electrons. The number of oxime groups is 1. The van der Waals surface area contributed by atoms with Crippen LogP contribution in [-0.2, 0) is 11.3 Å². The molecule has 5 nitrogen and oxygen atoms in total. The van der Waals surface area contributed by atoms with Crippen molar-refractivity contribution in [3.8, 4) is 0 Å². The molecule has 0 saturated heterocycles. The van der Waals surface area contributed by atoms with Crippen molar-refractivity contribution in [2.75, 3.05) is 20.1 Å². The van der Waals surface area contributed by atoms with Gasteiger partial charge in [0, 0.05) is 18.7 Å². The van der Waals surface area contributed by atoms with Gasteiger partial charge in [0.1, 0.15) is 6.10 Å². The summed E-state index contributed by atoms with van der Waals surface area (Å²) in [5, 5.41) is 11.4. The van der Waals surface area contributed by atoms with Crippen LogP contribution in [0, 0.1) is 13.8 Å². The molecule has 2 rings (SSSR count). The molecule has 0 fully saturated rings. The van der Waals surface area contributed by atoms with Gasteiger partial charge < -0.3 is 9.74 Å². The molecule has 0 bridgehead atoms. The maximum absolute atomic E-state index is 5.45. The monoisotopic (exact) mass is 278 g/mol. The van der Waals surface area contributed by atoms with Crippen molar-refractivity contribution in [2.24, 2.45) is 5.16 Å². The smallest absolute Gasteiger partial charge is 0.145 e. The van der Waals surface area contributed by atoms with Crippen LogP contribution in [0.3, 0.4) is 0 Å². The molecule has 0 unspecified atom stereocenters. The molecular weight excluding hydrogens is 252 g/mol. The highest BCUT2D eigenvalue weighted by Crippen LogP contribution is 2.15. The van der Waals surface area contributed by atoms with Gasteiger partial charge in [0.05, 0.1) is 11.4 Å². The third-order valence-electron chi connectivity index (χ3n) is 3.96. The molecular formula is C15H26N4O. The molecule has 1 N–H and O–H groups in total. The Morgan fingerprint density at radius 3 is 2.80 bits per heavy atom. The number of nitrogens with zero attached hydrogens (tertiary/aromatic N) is 3. The van der Waals surface area contributed by atoms with Crippen molar-refractivity contribution in [2.45, 2.75) is 52.6 Å². The first kappa shape index (κ1) is 15.0. The lowest BCUT2D eigenvalue weighted by molar-refractivity contribution is 0.0591. The van der Waals surface area contributed by atoms with E-state index in [9.17, 15) is 0 Å². The number of aryl methyl sites for hydroxylation is 2. The van der Waals surface area contributed by atoms with Gasteiger partial charge in [-0.15, -0.1) is 0 Å². The number of aromatic nitrogens is 2. The minimum atomic E-state index is 0.243. The second-order valence-electron chi connectivity index (χ2n) is 5.72. The van der Waals surface area contributed by atoms with Gasteiger partial charge in [-0.05, 0) is 52.3 Å².